The van der Waals surface area contributed by atoms with Crippen molar-refractivity contribution < 1.29 is 38.7 Å². The molecule has 5 heteroatoms. The van der Waals surface area contributed by atoms with E-state index in [1.54, 1.807) is 0 Å². The summed E-state index contributed by atoms with van der Waals surface area (Å²) in [6.45, 7) is 0. The molecule has 0 spiro atoms. The van der Waals surface area contributed by atoms with E-state index in [9.17, 15) is 19.2 Å². The molecular formula is C7H4O4Rh. The van der Waals surface area contributed by atoms with Crippen molar-refractivity contribution >= 4 is 23.4 Å². The van der Waals surface area contributed by atoms with Crippen LogP contribution in [0.2, 0.25) is 0 Å². The molecule has 0 aliphatic carbocycles. The minimum absolute atomic E-state index is 0. The Morgan fingerprint density at radius 1 is 1.00 bits per heavy atom. The van der Waals surface area contributed by atoms with Crippen LogP contribution in [0.1, 0.15) is 6.42 Å². The summed E-state index contributed by atoms with van der Waals surface area (Å²) in [7, 11) is 0. The number of allylic oxidation sites excluding steroid dienone is 2. The van der Waals surface area contributed by atoms with Gasteiger partial charge in [-0.1, -0.05) is 0 Å². The second-order valence-corrected chi connectivity index (χ2v) is 1.63. The fourth-order valence-electron chi connectivity index (χ4n) is 0.405. The van der Waals surface area contributed by atoms with Crippen molar-refractivity contribution in [3.63, 3.8) is 0 Å². The van der Waals surface area contributed by atoms with Gasteiger partial charge in [-0.05, 0) is 0 Å². The molecule has 0 saturated carbocycles. The molecule has 0 aromatic carbocycles. The predicted molar refractivity (Wildman–Crippen MR) is 35.2 cm³/mol. The molecule has 0 unspecified atom stereocenters. The Bertz CT molecular complexity index is 241. The van der Waals surface area contributed by atoms with Gasteiger partial charge in [0.15, 0.2) is 11.6 Å². The maximum absolute atomic E-state index is 10.4. The second-order valence-electron chi connectivity index (χ2n) is 1.63. The van der Waals surface area contributed by atoms with E-state index in [4.69, 9.17) is 0 Å². The van der Waals surface area contributed by atoms with Gasteiger partial charge in [0, 0.05) is 19.5 Å². The van der Waals surface area contributed by atoms with Crippen molar-refractivity contribution in [1.29, 1.82) is 0 Å². The molecule has 0 aliphatic heterocycles. The molecule has 0 aliphatic rings. The first-order valence-electron chi connectivity index (χ1n) is 2.68. The van der Waals surface area contributed by atoms with Crippen LogP contribution in [0.25, 0.3) is 0 Å². The quantitative estimate of drug-likeness (QED) is 0.288. The van der Waals surface area contributed by atoms with Gasteiger partial charge in [-0.25, -0.2) is 9.59 Å². The molecule has 0 aromatic rings. The van der Waals surface area contributed by atoms with Crippen LogP contribution in [0.4, 0.5) is 0 Å². The molecular weight excluding hydrogens is 251 g/mol. The predicted octanol–water partition coefficient (Wildman–Crippen LogP) is -0.712. The first kappa shape index (κ1) is 13.5. The molecule has 0 rings (SSSR count). The van der Waals surface area contributed by atoms with Crippen LogP contribution in [0.5, 0.6) is 0 Å². The van der Waals surface area contributed by atoms with Gasteiger partial charge in [-0.3, -0.25) is 9.59 Å². The zero-order valence-electron chi connectivity index (χ0n) is 5.83. The van der Waals surface area contributed by atoms with Crippen LogP contribution < -0.4 is 0 Å². The number of ketones is 2. The van der Waals surface area contributed by atoms with E-state index < -0.39 is 18.0 Å². The fourth-order valence-corrected chi connectivity index (χ4v) is 0.405. The van der Waals surface area contributed by atoms with E-state index in [0.717, 1.165) is 0 Å². The smallest absolute Gasteiger partial charge is 0.174 e. The zero-order chi connectivity index (χ0) is 8.69. The summed E-state index contributed by atoms with van der Waals surface area (Å²) in [6, 6.07) is 0. The number of carbonyl (C=O) groups is 2. The van der Waals surface area contributed by atoms with E-state index in [1.165, 1.54) is 11.9 Å². The average Bonchev–Trinajstić information content (AvgIpc) is 1.87. The Hall–Kier alpha value is -1.14. The molecule has 0 saturated heterocycles. The van der Waals surface area contributed by atoms with E-state index in [2.05, 4.69) is 0 Å². The van der Waals surface area contributed by atoms with E-state index in [-0.39, 0.29) is 19.5 Å². The molecule has 0 N–H and O–H groups in total. The third kappa shape index (κ3) is 6.98. The standard InChI is InChI=1S/C7H4O4.Rh/c8-3-1-6(10)5-7(11)2-4-9;/h1-2H,5H2;. The maximum Gasteiger partial charge on any atom is 0.174 e. The van der Waals surface area contributed by atoms with Gasteiger partial charge in [0.2, 0.25) is 0 Å². The van der Waals surface area contributed by atoms with Gasteiger partial charge >= 0.3 is 0 Å². The molecule has 0 heterocycles. The number of carbonyl (C=O) groups excluding carboxylic acids is 4. The first-order valence-corrected chi connectivity index (χ1v) is 2.68. The fraction of sp³-hybridized carbons (Fsp3) is 0.143. The van der Waals surface area contributed by atoms with Gasteiger partial charge in [0.1, 0.15) is 11.9 Å². The molecule has 12 heavy (non-hydrogen) atoms. The SMILES string of the molecule is O=C=CC(=O)CC(=O)C=C=O.[Rh]. The summed E-state index contributed by atoms with van der Waals surface area (Å²) in [4.78, 5) is 40.0. The zero-order valence-corrected chi connectivity index (χ0v) is 7.47. The molecule has 1 radical (unpaired) electrons. The van der Waals surface area contributed by atoms with Crippen LogP contribution in [0.15, 0.2) is 12.2 Å². The summed E-state index contributed by atoms with van der Waals surface area (Å²) in [5, 5.41) is 0. The first-order chi connectivity index (χ1) is 5.20. The van der Waals surface area contributed by atoms with E-state index >= 15 is 0 Å². The van der Waals surface area contributed by atoms with Crippen molar-refractivity contribution in [3.05, 3.63) is 12.2 Å². The van der Waals surface area contributed by atoms with Gasteiger partial charge in [-0.15, -0.1) is 0 Å². The second kappa shape index (κ2) is 7.96. The monoisotopic (exact) mass is 255 g/mol. The summed E-state index contributed by atoms with van der Waals surface area (Å²) in [6.07, 6.45) is 0.734. The molecule has 0 bridgehead atoms. The number of hydrogen-bond acceptors (Lipinski definition) is 4. The molecule has 0 aromatic heterocycles. The number of rotatable bonds is 4. The van der Waals surface area contributed by atoms with Crippen LogP contribution >= 0.6 is 0 Å². The third-order valence-electron chi connectivity index (χ3n) is 0.788. The van der Waals surface area contributed by atoms with Gasteiger partial charge in [0.25, 0.3) is 0 Å². The average molecular weight is 255 g/mol. The Morgan fingerprint density at radius 3 is 1.58 bits per heavy atom. The topological polar surface area (TPSA) is 68.3 Å². The molecule has 4 nitrogen and oxygen atoms in total. The van der Waals surface area contributed by atoms with Gasteiger partial charge in [-0.2, -0.15) is 0 Å². The van der Waals surface area contributed by atoms with Crippen LogP contribution in [0, 0.1) is 0 Å². The Morgan fingerprint density at radius 2 is 1.33 bits per heavy atom. The Balaban J connectivity index is 0. The Kier molecular flexibility index (Phi) is 8.93. The minimum atomic E-state index is -0.670. The molecule has 0 amide bonds. The van der Waals surface area contributed by atoms with Crippen molar-refractivity contribution in [2.75, 3.05) is 0 Å². The molecule has 0 atom stereocenters. The largest absolute Gasteiger partial charge is 0.294 e. The third-order valence-corrected chi connectivity index (χ3v) is 0.788. The van der Waals surface area contributed by atoms with E-state index in [0.29, 0.717) is 12.2 Å². The maximum atomic E-state index is 10.4. The van der Waals surface area contributed by atoms with Crippen molar-refractivity contribution in [2.24, 2.45) is 0 Å². The van der Waals surface area contributed by atoms with E-state index in [1.807, 2.05) is 0 Å². The minimum Gasteiger partial charge on any atom is -0.294 e. The molecule has 0 fully saturated rings. The van der Waals surface area contributed by atoms with Crippen LogP contribution in [-0.2, 0) is 38.7 Å². The summed E-state index contributed by atoms with van der Waals surface area (Å²) in [5.74, 6) is 1.11. The van der Waals surface area contributed by atoms with Crippen molar-refractivity contribution in [3.8, 4) is 0 Å². The number of hydrogen-bond donors (Lipinski definition) is 0. The summed E-state index contributed by atoms with van der Waals surface area (Å²) in [5.41, 5.74) is 0. The van der Waals surface area contributed by atoms with Crippen molar-refractivity contribution in [2.45, 2.75) is 6.42 Å². The van der Waals surface area contributed by atoms with Crippen LogP contribution in [0.3, 0.4) is 0 Å². The molecule has 65 valence electrons. The van der Waals surface area contributed by atoms with Gasteiger partial charge < -0.3 is 0 Å². The van der Waals surface area contributed by atoms with Crippen molar-refractivity contribution in [1.82, 2.24) is 0 Å². The summed E-state index contributed by atoms with van der Waals surface area (Å²) < 4.78 is 0. The van der Waals surface area contributed by atoms with Crippen LogP contribution in [-0.4, -0.2) is 23.4 Å². The normalized spacial score (nSPS) is 6.67. The van der Waals surface area contributed by atoms with Gasteiger partial charge in [0.05, 0.1) is 18.6 Å². The summed E-state index contributed by atoms with van der Waals surface area (Å²) >= 11 is 0. The Labute approximate surface area is 81.1 Å².